The number of halogens is 4. The molecule has 3 aliphatic heterocycles. The number of anilines is 1. The van der Waals surface area contributed by atoms with Gasteiger partial charge in [-0.05, 0) is 43.0 Å². The number of aromatic hydroxyl groups is 1. The van der Waals surface area contributed by atoms with Crippen LogP contribution < -0.4 is 9.64 Å². The summed E-state index contributed by atoms with van der Waals surface area (Å²) in [5.41, 5.74) is -0.928. The van der Waals surface area contributed by atoms with Crippen LogP contribution in [0.4, 0.5) is 23.4 Å². The predicted molar refractivity (Wildman–Crippen MR) is 156 cm³/mol. The lowest BCUT2D eigenvalue weighted by molar-refractivity contribution is 0.105. The fraction of sp³-hybridized carbons (Fsp3) is 0.406. The first kappa shape index (κ1) is 28.6. The number of aromatic nitrogens is 3. The molecule has 8 nitrogen and oxygen atoms in total. The maximum absolute atomic E-state index is 16.6. The number of phenolic OH excluding ortho intramolecular Hbond substituents is 1. The number of alkyl halides is 2. The number of rotatable bonds is 5. The monoisotopic (exact) mass is 607 g/mol. The molecule has 0 bridgehead atoms. The minimum absolute atomic E-state index is 0.0574. The van der Waals surface area contributed by atoms with Crippen LogP contribution in [0, 0.1) is 24.0 Å². The fourth-order valence-electron chi connectivity index (χ4n) is 6.88. The van der Waals surface area contributed by atoms with Crippen LogP contribution in [0.3, 0.4) is 0 Å². The first-order chi connectivity index (χ1) is 21.3. The molecule has 1 N–H and O–H groups in total. The molecule has 2 aromatic heterocycles. The molecule has 4 aromatic rings. The van der Waals surface area contributed by atoms with Crippen molar-refractivity contribution in [2.45, 2.75) is 37.1 Å². The summed E-state index contributed by atoms with van der Waals surface area (Å²) < 4.78 is 71.9. The number of benzene rings is 2. The number of terminal acetylenes is 1. The summed E-state index contributed by atoms with van der Waals surface area (Å²) >= 11 is 0. The number of hydrogen-bond donors (Lipinski definition) is 1. The molecule has 0 radical (unpaired) electrons. The Kier molecular flexibility index (Phi) is 7.17. The van der Waals surface area contributed by atoms with Gasteiger partial charge in [0.05, 0.1) is 36.2 Å². The van der Waals surface area contributed by atoms with Crippen LogP contribution in [0.5, 0.6) is 11.8 Å². The molecule has 44 heavy (non-hydrogen) atoms. The van der Waals surface area contributed by atoms with Gasteiger partial charge in [-0.2, -0.15) is 9.97 Å². The van der Waals surface area contributed by atoms with Gasteiger partial charge in [0.15, 0.2) is 5.82 Å². The zero-order valence-electron chi connectivity index (χ0n) is 23.7. The van der Waals surface area contributed by atoms with Crippen LogP contribution in [0.15, 0.2) is 30.5 Å². The van der Waals surface area contributed by atoms with Crippen molar-refractivity contribution in [2.75, 3.05) is 50.9 Å². The van der Waals surface area contributed by atoms with Crippen molar-refractivity contribution in [3.05, 3.63) is 47.7 Å². The largest absolute Gasteiger partial charge is 0.508 e. The third-order valence-corrected chi connectivity index (χ3v) is 8.85. The normalized spacial score (nSPS) is 24.0. The Morgan fingerprint density at radius 2 is 2.00 bits per heavy atom. The van der Waals surface area contributed by atoms with Gasteiger partial charge in [0.2, 0.25) is 0 Å². The SMILES string of the molecule is C#Cc1c(F)ccc2cc(O)cc(-c3ncc4c(N5CCOCC(F)C5)nc(OC[C@@]56CCCN5C[C@H](F)C6)nc4c3F)c12. The molecular formula is C32H29F4N5O3. The highest BCUT2D eigenvalue weighted by Gasteiger charge is 2.49. The fourth-order valence-corrected chi connectivity index (χ4v) is 6.88. The van der Waals surface area contributed by atoms with Gasteiger partial charge >= 0.3 is 6.01 Å². The molecule has 2 aromatic carbocycles. The van der Waals surface area contributed by atoms with Crippen molar-refractivity contribution < 1.29 is 32.1 Å². The molecule has 0 amide bonds. The van der Waals surface area contributed by atoms with Crippen molar-refractivity contribution in [2.24, 2.45) is 0 Å². The van der Waals surface area contributed by atoms with Gasteiger partial charge in [0, 0.05) is 36.7 Å². The molecule has 7 rings (SSSR count). The zero-order valence-corrected chi connectivity index (χ0v) is 23.7. The van der Waals surface area contributed by atoms with Crippen LogP contribution in [0.1, 0.15) is 24.8 Å². The highest BCUT2D eigenvalue weighted by molar-refractivity contribution is 6.03. The highest BCUT2D eigenvalue weighted by atomic mass is 19.1. The Morgan fingerprint density at radius 3 is 2.84 bits per heavy atom. The van der Waals surface area contributed by atoms with Crippen molar-refractivity contribution in [1.82, 2.24) is 19.9 Å². The van der Waals surface area contributed by atoms with E-state index in [-0.39, 0.29) is 83.6 Å². The lowest BCUT2D eigenvalue weighted by Gasteiger charge is -2.31. The van der Waals surface area contributed by atoms with E-state index in [1.807, 2.05) is 0 Å². The predicted octanol–water partition coefficient (Wildman–Crippen LogP) is 4.94. The molecule has 5 heterocycles. The van der Waals surface area contributed by atoms with E-state index in [4.69, 9.17) is 15.9 Å². The molecule has 228 valence electrons. The summed E-state index contributed by atoms with van der Waals surface area (Å²) in [5.74, 6) is 0.771. The number of fused-ring (bicyclic) bond motifs is 3. The van der Waals surface area contributed by atoms with E-state index in [9.17, 15) is 18.3 Å². The van der Waals surface area contributed by atoms with E-state index in [1.165, 1.54) is 30.5 Å². The second-order valence-electron chi connectivity index (χ2n) is 11.7. The smallest absolute Gasteiger partial charge is 0.319 e. The van der Waals surface area contributed by atoms with E-state index < -0.39 is 29.5 Å². The Hall–Kier alpha value is -4.21. The lowest BCUT2D eigenvalue weighted by atomic mass is 9.95. The molecule has 12 heteroatoms. The molecule has 3 atom stereocenters. The Morgan fingerprint density at radius 1 is 1.14 bits per heavy atom. The third kappa shape index (κ3) is 4.84. The lowest BCUT2D eigenvalue weighted by Crippen LogP contribution is -2.43. The zero-order chi connectivity index (χ0) is 30.6. The molecule has 3 fully saturated rings. The van der Waals surface area contributed by atoms with E-state index in [1.54, 1.807) is 4.90 Å². The average Bonchev–Trinajstić information content (AvgIpc) is 3.43. The van der Waals surface area contributed by atoms with E-state index in [0.29, 0.717) is 18.4 Å². The van der Waals surface area contributed by atoms with Crippen molar-refractivity contribution >= 4 is 27.5 Å². The quantitative estimate of drug-likeness (QED) is 0.253. The van der Waals surface area contributed by atoms with E-state index in [2.05, 4.69) is 25.8 Å². The van der Waals surface area contributed by atoms with Gasteiger partial charge in [-0.25, -0.2) is 17.6 Å². The van der Waals surface area contributed by atoms with Gasteiger partial charge < -0.3 is 19.5 Å². The number of pyridine rings is 1. The minimum atomic E-state index is -1.31. The molecule has 3 aliphatic rings. The second kappa shape index (κ2) is 11.1. The van der Waals surface area contributed by atoms with Crippen molar-refractivity contribution in [3.8, 4) is 35.4 Å². The van der Waals surface area contributed by atoms with Gasteiger partial charge in [-0.15, -0.1) is 6.42 Å². The molecule has 0 saturated carbocycles. The summed E-state index contributed by atoms with van der Waals surface area (Å²) in [6.45, 7) is 1.57. The maximum atomic E-state index is 16.6. The molecule has 0 spiro atoms. The van der Waals surface area contributed by atoms with Crippen LogP contribution >= 0.6 is 0 Å². The van der Waals surface area contributed by atoms with Gasteiger partial charge in [-0.1, -0.05) is 12.0 Å². The molecule has 0 aliphatic carbocycles. The van der Waals surface area contributed by atoms with E-state index in [0.717, 1.165) is 19.4 Å². The summed E-state index contributed by atoms with van der Waals surface area (Å²) in [6, 6.07) is 5.13. The summed E-state index contributed by atoms with van der Waals surface area (Å²) in [4.78, 5) is 17.1. The molecule has 3 saturated heterocycles. The van der Waals surface area contributed by atoms with Crippen LogP contribution in [0.2, 0.25) is 0 Å². The summed E-state index contributed by atoms with van der Waals surface area (Å²) in [6.07, 6.45) is 6.69. The van der Waals surface area contributed by atoms with Crippen molar-refractivity contribution in [3.63, 3.8) is 0 Å². The Balaban J connectivity index is 1.38. The summed E-state index contributed by atoms with van der Waals surface area (Å²) in [7, 11) is 0. The Labute approximate surface area is 250 Å². The summed E-state index contributed by atoms with van der Waals surface area (Å²) in [5, 5.41) is 11.3. The average molecular weight is 608 g/mol. The third-order valence-electron chi connectivity index (χ3n) is 8.85. The topological polar surface area (TPSA) is 83.8 Å². The van der Waals surface area contributed by atoms with Gasteiger partial charge in [0.1, 0.15) is 47.5 Å². The van der Waals surface area contributed by atoms with Gasteiger partial charge in [-0.3, -0.25) is 9.88 Å². The second-order valence-corrected chi connectivity index (χ2v) is 11.7. The van der Waals surface area contributed by atoms with Crippen LogP contribution in [-0.2, 0) is 4.74 Å². The number of nitrogens with zero attached hydrogens (tertiary/aromatic N) is 5. The highest BCUT2D eigenvalue weighted by Crippen LogP contribution is 2.41. The first-order valence-corrected chi connectivity index (χ1v) is 14.5. The van der Waals surface area contributed by atoms with Crippen molar-refractivity contribution in [1.29, 1.82) is 0 Å². The minimum Gasteiger partial charge on any atom is -0.508 e. The number of phenols is 1. The number of ether oxygens (including phenoxy) is 2. The first-order valence-electron chi connectivity index (χ1n) is 14.5. The maximum Gasteiger partial charge on any atom is 0.319 e. The van der Waals surface area contributed by atoms with Crippen LogP contribution in [0.25, 0.3) is 32.9 Å². The standard InChI is InChI=1S/C32H29F4N5O3/c1-2-22-25(35)5-4-18-10-21(42)11-23(26(18)22)28-27(36)29-24(13-37-28)30(40-8-9-43-16-20(34)14-40)39-31(38-29)44-17-32-6-3-7-41(32)15-19(33)12-32/h1,4-5,10-11,13,19-20,42H,3,6-9,12,14-17H2/t19-,20?,32+/m1/s1. The van der Waals surface area contributed by atoms with Crippen LogP contribution in [-0.4, -0.2) is 88.8 Å². The number of hydrogen-bond acceptors (Lipinski definition) is 8. The molecule has 1 unspecified atom stereocenters. The van der Waals surface area contributed by atoms with Gasteiger partial charge in [0.25, 0.3) is 0 Å². The molecular weight excluding hydrogens is 578 g/mol. The Bertz CT molecular complexity index is 1820. The van der Waals surface area contributed by atoms with E-state index >= 15 is 4.39 Å².